The number of rotatable bonds is 4. The molecule has 1 fully saturated rings. The molecule has 1 aliphatic rings. The first kappa shape index (κ1) is 11.4. The minimum atomic E-state index is -0.284. The largest absolute Gasteiger partial charge is 0.469 e. The fourth-order valence-corrected chi connectivity index (χ4v) is 1.99. The molecule has 3 nitrogen and oxygen atoms in total. The van der Waals surface area contributed by atoms with Gasteiger partial charge in [0.1, 0.15) is 0 Å². The second-order valence-electron chi connectivity index (χ2n) is 3.91. The van der Waals surface area contributed by atoms with Crippen molar-refractivity contribution in [2.75, 3.05) is 33.4 Å². The molecular weight excluding hydrogens is 185 g/mol. The number of nitrogens with zero attached hydrogens (tertiary/aromatic N) is 1. The lowest BCUT2D eigenvalue weighted by Gasteiger charge is -2.13. The smallest absolute Gasteiger partial charge is 0.310 e. The molecule has 1 heterocycles. The molecule has 0 aliphatic carbocycles. The number of hydrogen-bond acceptors (Lipinski definition) is 3. The van der Waals surface area contributed by atoms with E-state index < -0.39 is 0 Å². The molecule has 0 bridgehead atoms. The molecule has 0 aromatic carbocycles. The van der Waals surface area contributed by atoms with Crippen LogP contribution in [0.4, 0.5) is 4.39 Å². The number of carbonyl (C=O) groups excluding carboxylic acids is 1. The first-order valence-electron chi connectivity index (χ1n) is 5.05. The summed E-state index contributed by atoms with van der Waals surface area (Å²) in [5, 5.41) is 0. The number of alkyl halides is 1. The van der Waals surface area contributed by atoms with Crippen LogP contribution in [0.25, 0.3) is 0 Å². The van der Waals surface area contributed by atoms with Crippen molar-refractivity contribution < 1.29 is 13.9 Å². The van der Waals surface area contributed by atoms with Gasteiger partial charge >= 0.3 is 5.97 Å². The van der Waals surface area contributed by atoms with Crippen molar-refractivity contribution in [3.05, 3.63) is 0 Å². The third-order valence-electron chi connectivity index (χ3n) is 2.80. The zero-order valence-corrected chi connectivity index (χ0v) is 8.83. The number of methoxy groups -OCH3 is 1. The van der Waals surface area contributed by atoms with Crippen molar-refractivity contribution in [3.63, 3.8) is 0 Å². The molecule has 14 heavy (non-hydrogen) atoms. The van der Waals surface area contributed by atoms with Crippen LogP contribution in [-0.4, -0.2) is 44.3 Å². The fourth-order valence-electron chi connectivity index (χ4n) is 1.99. The highest BCUT2D eigenvalue weighted by atomic mass is 19.1. The van der Waals surface area contributed by atoms with Gasteiger partial charge in [0.2, 0.25) is 0 Å². The Hall–Kier alpha value is -0.640. The van der Waals surface area contributed by atoms with E-state index >= 15 is 0 Å². The molecule has 1 rings (SSSR count). The minimum absolute atomic E-state index is 0.0281. The molecular formula is C10H18FNO2. The summed E-state index contributed by atoms with van der Waals surface area (Å²) in [4.78, 5) is 13.5. The zero-order chi connectivity index (χ0) is 10.6. The summed E-state index contributed by atoms with van der Waals surface area (Å²) >= 11 is 0. The van der Waals surface area contributed by atoms with E-state index in [2.05, 4.69) is 4.90 Å². The van der Waals surface area contributed by atoms with Crippen molar-refractivity contribution in [3.8, 4) is 0 Å². The average Bonchev–Trinajstić information content (AvgIpc) is 2.55. The van der Waals surface area contributed by atoms with E-state index in [4.69, 9.17) is 4.74 Å². The Morgan fingerprint density at radius 3 is 2.86 bits per heavy atom. The SMILES string of the molecule is COC(=O)C1CN(CCCF)CC1C. The summed E-state index contributed by atoms with van der Waals surface area (Å²) in [6.45, 7) is 4.09. The molecule has 1 saturated heterocycles. The monoisotopic (exact) mass is 203 g/mol. The van der Waals surface area contributed by atoms with Gasteiger partial charge in [-0.15, -0.1) is 0 Å². The van der Waals surface area contributed by atoms with Crippen LogP contribution in [0, 0.1) is 11.8 Å². The van der Waals surface area contributed by atoms with Crippen LogP contribution in [0.3, 0.4) is 0 Å². The fraction of sp³-hybridized carbons (Fsp3) is 0.900. The number of ether oxygens (including phenoxy) is 1. The van der Waals surface area contributed by atoms with E-state index in [1.807, 2.05) is 6.92 Å². The standard InChI is InChI=1S/C10H18FNO2/c1-8-6-12(5-3-4-11)7-9(8)10(13)14-2/h8-9H,3-7H2,1-2H3. The maximum Gasteiger partial charge on any atom is 0.310 e. The van der Waals surface area contributed by atoms with Gasteiger partial charge in [0.15, 0.2) is 0 Å². The summed E-state index contributed by atoms with van der Waals surface area (Å²) in [7, 11) is 1.42. The topological polar surface area (TPSA) is 29.5 Å². The van der Waals surface area contributed by atoms with Gasteiger partial charge < -0.3 is 9.64 Å². The number of carbonyl (C=O) groups is 1. The van der Waals surface area contributed by atoms with E-state index in [0.717, 1.165) is 13.1 Å². The molecule has 0 aromatic heterocycles. The van der Waals surface area contributed by atoms with Gasteiger partial charge in [-0.1, -0.05) is 6.92 Å². The van der Waals surface area contributed by atoms with Gasteiger partial charge in [0.25, 0.3) is 0 Å². The van der Waals surface area contributed by atoms with E-state index in [1.54, 1.807) is 0 Å². The highest BCUT2D eigenvalue weighted by Crippen LogP contribution is 2.23. The van der Waals surface area contributed by atoms with Gasteiger partial charge in [-0.25, -0.2) is 0 Å². The third kappa shape index (κ3) is 2.67. The maximum atomic E-state index is 11.9. The highest BCUT2D eigenvalue weighted by molar-refractivity contribution is 5.73. The average molecular weight is 203 g/mol. The Balaban J connectivity index is 2.39. The van der Waals surface area contributed by atoms with Gasteiger partial charge in [-0.3, -0.25) is 9.18 Å². The molecule has 82 valence electrons. The Labute approximate surface area is 84.2 Å². The van der Waals surface area contributed by atoms with Crippen molar-refractivity contribution in [2.45, 2.75) is 13.3 Å². The van der Waals surface area contributed by atoms with E-state index in [9.17, 15) is 9.18 Å². The van der Waals surface area contributed by atoms with Gasteiger partial charge in [0, 0.05) is 19.6 Å². The number of esters is 1. The third-order valence-corrected chi connectivity index (χ3v) is 2.80. The van der Waals surface area contributed by atoms with Crippen LogP contribution in [0.15, 0.2) is 0 Å². The second kappa shape index (κ2) is 5.29. The number of halogens is 1. The summed E-state index contributed by atoms with van der Waals surface area (Å²) in [5.74, 6) is 0.155. The van der Waals surface area contributed by atoms with Gasteiger partial charge in [-0.05, 0) is 12.3 Å². The quantitative estimate of drug-likeness (QED) is 0.640. The lowest BCUT2D eigenvalue weighted by atomic mass is 9.99. The molecule has 0 N–H and O–H groups in total. The van der Waals surface area contributed by atoms with Crippen LogP contribution in [0.1, 0.15) is 13.3 Å². The Morgan fingerprint density at radius 1 is 1.57 bits per heavy atom. The van der Waals surface area contributed by atoms with Crippen LogP contribution >= 0.6 is 0 Å². The molecule has 4 heteroatoms. The number of likely N-dealkylation sites (tertiary alicyclic amines) is 1. The lowest BCUT2D eigenvalue weighted by molar-refractivity contribution is -0.146. The molecule has 0 radical (unpaired) electrons. The molecule has 2 unspecified atom stereocenters. The molecule has 0 saturated carbocycles. The minimum Gasteiger partial charge on any atom is -0.469 e. The first-order chi connectivity index (χ1) is 6.69. The van der Waals surface area contributed by atoms with Crippen molar-refractivity contribution in [1.82, 2.24) is 4.90 Å². The molecule has 1 aliphatic heterocycles. The van der Waals surface area contributed by atoms with Crippen LogP contribution < -0.4 is 0 Å². The molecule has 0 aromatic rings. The predicted octanol–water partition coefficient (Wildman–Crippen LogP) is 1.09. The summed E-state index contributed by atoms with van der Waals surface area (Å²) < 4.78 is 16.7. The molecule has 2 atom stereocenters. The van der Waals surface area contributed by atoms with E-state index in [0.29, 0.717) is 18.9 Å². The van der Waals surface area contributed by atoms with E-state index in [1.165, 1.54) is 7.11 Å². The first-order valence-corrected chi connectivity index (χ1v) is 5.05. The van der Waals surface area contributed by atoms with Crippen molar-refractivity contribution in [2.24, 2.45) is 11.8 Å². The Kier molecular flexibility index (Phi) is 4.32. The van der Waals surface area contributed by atoms with Crippen molar-refractivity contribution in [1.29, 1.82) is 0 Å². The Morgan fingerprint density at radius 2 is 2.29 bits per heavy atom. The number of hydrogen-bond donors (Lipinski definition) is 0. The maximum absolute atomic E-state index is 11.9. The summed E-state index contributed by atoms with van der Waals surface area (Å²) in [5.41, 5.74) is 0. The van der Waals surface area contributed by atoms with E-state index in [-0.39, 0.29) is 18.6 Å². The molecule has 0 spiro atoms. The van der Waals surface area contributed by atoms with Crippen LogP contribution in [0.2, 0.25) is 0 Å². The van der Waals surface area contributed by atoms with Gasteiger partial charge in [-0.2, -0.15) is 0 Å². The second-order valence-corrected chi connectivity index (χ2v) is 3.91. The zero-order valence-electron chi connectivity index (χ0n) is 8.83. The lowest BCUT2D eigenvalue weighted by Crippen LogP contribution is -2.25. The molecule has 0 amide bonds. The normalized spacial score (nSPS) is 27.9. The summed E-state index contributed by atoms with van der Waals surface area (Å²) in [6, 6.07) is 0. The van der Waals surface area contributed by atoms with Crippen LogP contribution in [0.5, 0.6) is 0 Å². The Bertz CT molecular complexity index is 199. The van der Waals surface area contributed by atoms with Gasteiger partial charge in [0.05, 0.1) is 19.7 Å². The predicted molar refractivity (Wildman–Crippen MR) is 51.7 cm³/mol. The summed E-state index contributed by atoms with van der Waals surface area (Å²) in [6.07, 6.45) is 0.556. The van der Waals surface area contributed by atoms with Crippen molar-refractivity contribution >= 4 is 5.97 Å². The van der Waals surface area contributed by atoms with Crippen LogP contribution in [-0.2, 0) is 9.53 Å². The highest BCUT2D eigenvalue weighted by Gasteiger charge is 2.34.